The van der Waals surface area contributed by atoms with Crippen LogP contribution in [0.4, 0.5) is 0 Å². The Hall–Kier alpha value is -2.97. The molecule has 1 aliphatic heterocycles. The van der Waals surface area contributed by atoms with E-state index in [1.165, 1.54) is 0 Å². The van der Waals surface area contributed by atoms with Crippen LogP contribution in [0.2, 0.25) is 0 Å². The number of likely N-dealkylation sites (tertiary alicyclic amines) is 1. The summed E-state index contributed by atoms with van der Waals surface area (Å²) in [6.45, 7) is 4.55. The van der Waals surface area contributed by atoms with Gasteiger partial charge in [0.1, 0.15) is 12.1 Å². The zero-order valence-corrected chi connectivity index (χ0v) is 20.7. The first-order valence-corrected chi connectivity index (χ1v) is 12.6. The predicted octanol–water partition coefficient (Wildman–Crippen LogP) is 1.73. The molecule has 1 fully saturated rings. The van der Waals surface area contributed by atoms with Gasteiger partial charge < -0.3 is 26.4 Å². The molecule has 0 aliphatic carbocycles. The third-order valence-corrected chi connectivity index (χ3v) is 6.84. The maximum atomic E-state index is 13.3. The van der Waals surface area contributed by atoms with Crippen LogP contribution in [0.5, 0.6) is 0 Å². The standard InChI is InChI=1S/C27H38N4O4/c1-3-19(4-2)27(35)31-13-7-10-24(31)26(34)30-23(25(33)29-17-22(32)16-28)15-18-11-12-20-8-5-6-9-21(20)14-18/h5-6,8-9,11-12,14,19,22-24,32H,3-4,7,10,13,15-17,28H2,1-2H3,(H,29,33)(H,30,34)/t22-,23?,24-/m1/s1. The topological polar surface area (TPSA) is 125 Å². The molecular weight excluding hydrogens is 444 g/mol. The quantitative estimate of drug-likeness (QED) is 0.388. The van der Waals surface area contributed by atoms with Gasteiger partial charge in [0.25, 0.3) is 0 Å². The maximum absolute atomic E-state index is 13.3. The van der Waals surface area contributed by atoms with E-state index in [9.17, 15) is 19.5 Å². The minimum Gasteiger partial charge on any atom is -0.390 e. The van der Waals surface area contributed by atoms with Gasteiger partial charge in [-0.25, -0.2) is 0 Å². The van der Waals surface area contributed by atoms with Gasteiger partial charge in [-0.2, -0.15) is 0 Å². The summed E-state index contributed by atoms with van der Waals surface area (Å²) >= 11 is 0. The number of hydrogen-bond acceptors (Lipinski definition) is 5. The van der Waals surface area contributed by atoms with E-state index in [0.29, 0.717) is 13.0 Å². The van der Waals surface area contributed by atoms with Gasteiger partial charge in [-0.3, -0.25) is 14.4 Å². The van der Waals surface area contributed by atoms with Crippen LogP contribution >= 0.6 is 0 Å². The second-order valence-electron chi connectivity index (χ2n) is 9.28. The highest BCUT2D eigenvalue weighted by Gasteiger charge is 2.37. The predicted molar refractivity (Wildman–Crippen MR) is 136 cm³/mol. The Morgan fingerprint density at radius 3 is 2.51 bits per heavy atom. The van der Waals surface area contributed by atoms with Crippen molar-refractivity contribution in [1.29, 1.82) is 0 Å². The first-order valence-electron chi connectivity index (χ1n) is 12.6. The molecule has 3 atom stereocenters. The fourth-order valence-electron chi connectivity index (χ4n) is 4.68. The van der Waals surface area contributed by atoms with E-state index in [1.807, 2.05) is 56.3 Å². The van der Waals surface area contributed by atoms with Crippen molar-refractivity contribution in [3.05, 3.63) is 48.0 Å². The summed E-state index contributed by atoms with van der Waals surface area (Å²) in [5.41, 5.74) is 6.36. The minimum absolute atomic E-state index is 0.00213. The lowest BCUT2D eigenvalue weighted by atomic mass is 10.00. The monoisotopic (exact) mass is 482 g/mol. The van der Waals surface area contributed by atoms with E-state index in [-0.39, 0.29) is 37.2 Å². The Morgan fingerprint density at radius 2 is 1.83 bits per heavy atom. The fourth-order valence-corrected chi connectivity index (χ4v) is 4.68. The van der Waals surface area contributed by atoms with Gasteiger partial charge in [0.15, 0.2) is 0 Å². The molecule has 1 heterocycles. The largest absolute Gasteiger partial charge is 0.390 e. The highest BCUT2D eigenvalue weighted by molar-refractivity contribution is 5.93. The van der Waals surface area contributed by atoms with Crippen LogP contribution in [0.15, 0.2) is 42.5 Å². The van der Waals surface area contributed by atoms with E-state index in [2.05, 4.69) is 10.6 Å². The zero-order chi connectivity index (χ0) is 25.4. The third-order valence-electron chi connectivity index (χ3n) is 6.84. The zero-order valence-electron chi connectivity index (χ0n) is 20.7. The number of aliphatic hydroxyl groups excluding tert-OH is 1. The van der Waals surface area contributed by atoms with Crippen LogP contribution in [0.25, 0.3) is 10.8 Å². The molecule has 3 amide bonds. The van der Waals surface area contributed by atoms with Crippen molar-refractivity contribution in [3.8, 4) is 0 Å². The molecule has 0 saturated carbocycles. The number of nitrogens with zero attached hydrogens (tertiary/aromatic N) is 1. The third kappa shape index (κ3) is 6.80. The van der Waals surface area contributed by atoms with Crippen molar-refractivity contribution in [2.24, 2.45) is 11.7 Å². The van der Waals surface area contributed by atoms with Gasteiger partial charge in [0.2, 0.25) is 17.7 Å². The molecule has 35 heavy (non-hydrogen) atoms. The van der Waals surface area contributed by atoms with Crippen molar-refractivity contribution >= 4 is 28.5 Å². The van der Waals surface area contributed by atoms with E-state index >= 15 is 0 Å². The fraction of sp³-hybridized carbons (Fsp3) is 0.519. The number of benzene rings is 2. The number of hydrogen-bond donors (Lipinski definition) is 4. The van der Waals surface area contributed by atoms with Crippen LogP contribution in [-0.2, 0) is 20.8 Å². The summed E-state index contributed by atoms with van der Waals surface area (Å²) in [5, 5.41) is 17.5. The Kier molecular flexibility index (Phi) is 9.63. The van der Waals surface area contributed by atoms with Gasteiger partial charge in [0.05, 0.1) is 6.10 Å². The Morgan fingerprint density at radius 1 is 1.11 bits per heavy atom. The molecule has 3 rings (SSSR count). The lowest BCUT2D eigenvalue weighted by molar-refractivity contribution is -0.142. The lowest BCUT2D eigenvalue weighted by Gasteiger charge is -2.29. The maximum Gasteiger partial charge on any atom is 0.243 e. The van der Waals surface area contributed by atoms with Crippen LogP contribution in [0.1, 0.15) is 45.1 Å². The molecular formula is C27H38N4O4. The molecule has 0 radical (unpaired) electrons. The molecule has 2 aromatic carbocycles. The minimum atomic E-state index is -0.862. The smallest absolute Gasteiger partial charge is 0.243 e. The normalized spacial score (nSPS) is 17.4. The van der Waals surface area contributed by atoms with Crippen molar-refractivity contribution in [1.82, 2.24) is 15.5 Å². The molecule has 190 valence electrons. The average Bonchev–Trinajstić information content (AvgIpc) is 3.37. The number of amides is 3. The summed E-state index contributed by atoms with van der Waals surface area (Å²) < 4.78 is 0. The SMILES string of the molecule is CCC(CC)C(=O)N1CCC[C@@H]1C(=O)NC(Cc1ccc2ccccc2c1)C(=O)NC[C@H](O)CN. The van der Waals surface area contributed by atoms with Gasteiger partial charge >= 0.3 is 0 Å². The summed E-state index contributed by atoms with van der Waals surface area (Å²) in [6.07, 6.45) is 2.22. The number of aliphatic hydroxyl groups is 1. The number of rotatable bonds is 11. The number of fused-ring (bicyclic) bond motifs is 1. The summed E-state index contributed by atoms with van der Waals surface area (Å²) in [5.74, 6) is -0.802. The lowest BCUT2D eigenvalue weighted by Crippen LogP contribution is -2.55. The molecule has 8 nitrogen and oxygen atoms in total. The molecule has 0 spiro atoms. The average molecular weight is 483 g/mol. The molecule has 1 aliphatic rings. The molecule has 1 saturated heterocycles. The van der Waals surface area contributed by atoms with Crippen molar-refractivity contribution in [2.45, 2.75) is 64.1 Å². The van der Waals surface area contributed by atoms with Crippen molar-refractivity contribution < 1.29 is 19.5 Å². The second kappa shape index (κ2) is 12.7. The molecule has 0 bridgehead atoms. The van der Waals surface area contributed by atoms with Crippen LogP contribution in [0.3, 0.4) is 0 Å². The molecule has 5 N–H and O–H groups in total. The Balaban J connectivity index is 1.77. The summed E-state index contributed by atoms with van der Waals surface area (Å²) in [6, 6.07) is 12.5. The van der Waals surface area contributed by atoms with E-state index in [1.54, 1.807) is 4.90 Å². The second-order valence-corrected chi connectivity index (χ2v) is 9.28. The number of nitrogens with two attached hydrogens (primary N) is 1. The highest BCUT2D eigenvalue weighted by Crippen LogP contribution is 2.23. The summed E-state index contributed by atoms with van der Waals surface area (Å²) in [4.78, 5) is 41.0. The number of carbonyl (C=O) groups excluding carboxylic acids is 3. The number of nitrogens with one attached hydrogen (secondary N) is 2. The molecule has 0 aromatic heterocycles. The molecule has 8 heteroatoms. The van der Waals surface area contributed by atoms with Crippen LogP contribution in [-0.4, -0.2) is 65.5 Å². The Bertz CT molecular complexity index is 1020. The summed E-state index contributed by atoms with van der Waals surface area (Å²) in [7, 11) is 0. The van der Waals surface area contributed by atoms with Gasteiger partial charge in [-0.1, -0.05) is 56.3 Å². The van der Waals surface area contributed by atoms with Gasteiger partial charge in [0, 0.05) is 32.0 Å². The van der Waals surface area contributed by atoms with Gasteiger partial charge in [-0.05, 0) is 42.0 Å². The first kappa shape index (κ1) is 26.6. The van der Waals surface area contributed by atoms with Crippen molar-refractivity contribution in [2.75, 3.05) is 19.6 Å². The number of carbonyl (C=O) groups is 3. The molecule has 2 aromatic rings. The van der Waals surface area contributed by atoms with Crippen LogP contribution < -0.4 is 16.4 Å². The van der Waals surface area contributed by atoms with E-state index in [0.717, 1.165) is 35.6 Å². The molecule has 1 unspecified atom stereocenters. The van der Waals surface area contributed by atoms with E-state index < -0.39 is 24.1 Å². The Labute approximate surface area is 207 Å². The van der Waals surface area contributed by atoms with Gasteiger partial charge in [-0.15, -0.1) is 0 Å². The first-order chi connectivity index (χ1) is 16.9. The highest BCUT2D eigenvalue weighted by atomic mass is 16.3. The van der Waals surface area contributed by atoms with Crippen LogP contribution in [0, 0.1) is 5.92 Å². The van der Waals surface area contributed by atoms with Crippen molar-refractivity contribution in [3.63, 3.8) is 0 Å². The van der Waals surface area contributed by atoms with E-state index in [4.69, 9.17) is 5.73 Å².